The summed E-state index contributed by atoms with van der Waals surface area (Å²) < 4.78 is 33.6. The fourth-order valence-electron chi connectivity index (χ4n) is 3.67. The number of aryl methyl sites for hydroxylation is 1. The number of hydrogen-bond donors (Lipinski definition) is 1. The van der Waals surface area contributed by atoms with E-state index in [0.717, 1.165) is 10.6 Å². The Morgan fingerprint density at radius 1 is 1.31 bits per heavy atom. The third kappa shape index (κ3) is 4.98. The maximum absolute atomic E-state index is 13.5. The number of rotatable bonds is 7. The number of carbonyl (C=O) groups excluding carboxylic acids is 1. The number of hydrogen-bond acceptors (Lipinski definition) is 7. The fourth-order valence-corrected chi connectivity index (χ4v) is 6.06. The zero-order valence-electron chi connectivity index (χ0n) is 17.6. The van der Waals surface area contributed by atoms with Crippen LogP contribution >= 0.6 is 11.3 Å². The lowest BCUT2D eigenvalue weighted by Gasteiger charge is -2.31. The van der Waals surface area contributed by atoms with Crippen molar-refractivity contribution in [2.75, 3.05) is 13.1 Å². The van der Waals surface area contributed by atoms with Crippen LogP contribution in [0.3, 0.4) is 0 Å². The summed E-state index contributed by atoms with van der Waals surface area (Å²) in [7, 11) is -3.87. The molecular weight excluding hydrogens is 448 g/mol. The molecule has 4 heterocycles. The zero-order valence-corrected chi connectivity index (χ0v) is 19.2. The molecule has 1 aliphatic rings. The van der Waals surface area contributed by atoms with Crippen LogP contribution in [0.4, 0.5) is 0 Å². The third-order valence-corrected chi connectivity index (χ3v) is 8.16. The smallest absolute Gasteiger partial charge is 0.248 e. The second-order valence-electron chi connectivity index (χ2n) is 7.55. The lowest BCUT2D eigenvalue weighted by Crippen LogP contribution is -2.45. The molecule has 0 bridgehead atoms. The summed E-state index contributed by atoms with van der Waals surface area (Å²) in [5.74, 6) is -0.402. The van der Waals surface area contributed by atoms with Gasteiger partial charge in [0.15, 0.2) is 10.7 Å². The molecule has 1 saturated heterocycles. The van der Waals surface area contributed by atoms with Crippen LogP contribution in [0, 0.1) is 12.8 Å². The van der Waals surface area contributed by atoms with Crippen molar-refractivity contribution in [3.63, 3.8) is 0 Å². The predicted octanol–water partition coefficient (Wildman–Crippen LogP) is 3.33. The summed E-state index contributed by atoms with van der Waals surface area (Å²) in [6.07, 6.45) is 6.33. The van der Waals surface area contributed by atoms with Crippen molar-refractivity contribution in [2.24, 2.45) is 5.92 Å². The van der Waals surface area contributed by atoms with E-state index < -0.39 is 15.9 Å². The Morgan fingerprint density at radius 2 is 2.19 bits per heavy atom. The fraction of sp³-hybridized carbons (Fsp3) is 0.318. The number of sulfonamides is 1. The Balaban J connectivity index is 1.48. The zero-order chi connectivity index (χ0) is 22.6. The van der Waals surface area contributed by atoms with E-state index in [1.165, 1.54) is 15.6 Å². The minimum atomic E-state index is -3.87. The van der Waals surface area contributed by atoms with Crippen molar-refractivity contribution in [1.82, 2.24) is 19.8 Å². The van der Waals surface area contributed by atoms with Gasteiger partial charge in [-0.05, 0) is 55.5 Å². The maximum atomic E-state index is 13.5. The molecule has 8 nitrogen and oxygen atoms in total. The average molecular weight is 473 g/mol. The van der Waals surface area contributed by atoms with Gasteiger partial charge in [-0.15, -0.1) is 11.3 Å². The summed E-state index contributed by atoms with van der Waals surface area (Å²) >= 11 is 1.54. The summed E-state index contributed by atoms with van der Waals surface area (Å²) in [5, 5.41) is 8.69. The molecule has 168 valence electrons. The highest BCUT2D eigenvalue weighted by Crippen LogP contribution is 2.29. The van der Waals surface area contributed by atoms with Crippen LogP contribution in [0.25, 0.3) is 12.2 Å². The van der Waals surface area contributed by atoms with Gasteiger partial charge in [0, 0.05) is 24.2 Å². The summed E-state index contributed by atoms with van der Waals surface area (Å²) in [4.78, 5) is 17.9. The molecule has 1 N–H and O–H groups in total. The van der Waals surface area contributed by atoms with E-state index in [4.69, 9.17) is 4.52 Å². The number of carbonyl (C=O) groups is 1. The normalized spacial score (nSPS) is 17.6. The van der Waals surface area contributed by atoms with E-state index in [0.29, 0.717) is 31.6 Å². The Labute approximate surface area is 191 Å². The molecule has 1 fully saturated rings. The quantitative estimate of drug-likeness (QED) is 0.565. The predicted molar refractivity (Wildman–Crippen MR) is 122 cm³/mol. The van der Waals surface area contributed by atoms with Crippen LogP contribution in [-0.2, 0) is 21.4 Å². The Bertz CT molecular complexity index is 1190. The van der Waals surface area contributed by atoms with Crippen LogP contribution in [0.2, 0.25) is 0 Å². The van der Waals surface area contributed by atoms with E-state index in [1.54, 1.807) is 25.3 Å². The highest BCUT2D eigenvalue weighted by molar-refractivity contribution is 7.89. The summed E-state index contributed by atoms with van der Waals surface area (Å²) in [6.45, 7) is 2.39. The van der Waals surface area contributed by atoms with Gasteiger partial charge in [-0.2, -0.15) is 4.31 Å². The van der Waals surface area contributed by atoms with E-state index in [9.17, 15) is 13.2 Å². The molecule has 1 aliphatic heterocycles. The number of nitrogens with one attached hydrogen (secondary N) is 1. The second kappa shape index (κ2) is 9.76. The molecule has 0 aromatic carbocycles. The maximum Gasteiger partial charge on any atom is 0.248 e. The molecule has 3 aromatic heterocycles. The molecule has 0 radical (unpaired) electrons. The second-order valence-corrected chi connectivity index (χ2v) is 10.4. The molecule has 32 heavy (non-hydrogen) atoms. The number of pyridine rings is 1. The average Bonchev–Trinajstić information content (AvgIpc) is 3.46. The van der Waals surface area contributed by atoms with Crippen molar-refractivity contribution < 1.29 is 17.7 Å². The van der Waals surface area contributed by atoms with Crippen molar-refractivity contribution in [3.8, 4) is 0 Å². The van der Waals surface area contributed by atoms with E-state index >= 15 is 0 Å². The van der Waals surface area contributed by atoms with Crippen LogP contribution < -0.4 is 5.32 Å². The van der Waals surface area contributed by atoms with Gasteiger partial charge in [0.25, 0.3) is 0 Å². The van der Waals surface area contributed by atoms with Gasteiger partial charge in [0.05, 0.1) is 18.2 Å². The SMILES string of the molecule is Cc1noc(C=Cc2cccs2)c1S(=O)(=O)N1CCCC(C(=O)NCc2ccccn2)C1. The molecule has 1 atom stereocenters. The summed E-state index contributed by atoms with van der Waals surface area (Å²) in [5.41, 5.74) is 1.06. The van der Waals surface area contributed by atoms with Gasteiger partial charge in [0.2, 0.25) is 15.9 Å². The Morgan fingerprint density at radius 3 is 2.94 bits per heavy atom. The molecule has 1 amide bonds. The molecular formula is C22H24N4O4S2. The van der Waals surface area contributed by atoms with Gasteiger partial charge in [0.1, 0.15) is 5.69 Å². The van der Waals surface area contributed by atoms with Gasteiger partial charge >= 0.3 is 0 Å². The first-order chi connectivity index (χ1) is 15.4. The molecule has 0 aliphatic carbocycles. The monoisotopic (exact) mass is 472 g/mol. The highest BCUT2D eigenvalue weighted by atomic mass is 32.2. The highest BCUT2D eigenvalue weighted by Gasteiger charge is 2.36. The number of aromatic nitrogens is 2. The minimum absolute atomic E-state index is 0.0554. The van der Waals surface area contributed by atoms with E-state index in [-0.39, 0.29) is 23.1 Å². The molecule has 1 unspecified atom stereocenters. The lowest BCUT2D eigenvalue weighted by molar-refractivity contribution is -0.126. The van der Waals surface area contributed by atoms with Crippen LogP contribution in [-0.4, -0.2) is 41.9 Å². The molecule has 0 spiro atoms. The Kier molecular flexibility index (Phi) is 6.83. The molecule has 0 saturated carbocycles. The largest absolute Gasteiger partial charge is 0.355 e. The first-order valence-corrected chi connectivity index (χ1v) is 12.6. The van der Waals surface area contributed by atoms with Gasteiger partial charge in [-0.1, -0.05) is 17.3 Å². The molecule has 3 aromatic rings. The summed E-state index contributed by atoms with van der Waals surface area (Å²) in [6, 6.07) is 9.34. The van der Waals surface area contributed by atoms with E-state index in [1.807, 2.05) is 35.7 Å². The van der Waals surface area contributed by atoms with Gasteiger partial charge < -0.3 is 9.84 Å². The van der Waals surface area contributed by atoms with Crippen molar-refractivity contribution >= 4 is 39.4 Å². The van der Waals surface area contributed by atoms with Gasteiger partial charge in [-0.3, -0.25) is 9.78 Å². The molecule has 4 rings (SSSR count). The van der Waals surface area contributed by atoms with Crippen LogP contribution in [0.15, 0.2) is 51.3 Å². The van der Waals surface area contributed by atoms with Crippen molar-refractivity contribution in [1.29, 1.82) is 0 Å². The number of amides is 1. The topological polar surface area (TPSA) is 105 Å². The number of piperidine rings is 1. The van der Waals surface area contributed by atoms with Crippen molar-refractivity contribution in [2.45, 2.75) is 31.2 Å². The van der Waals surface area contributed by atoms with Crippen LogP contribution in [0.5, 0.6) is 0 Å². The minimum Gasteiger partial charge on any atom is -0.355 e. The first kappa shape index (κ1) is 22.4. The van der Waals surface area contributed by atoms with Crippen molar-refractivity contribution in [3.05, 3.63) is 63.9 Å². The lowest BCUT2D eigenvalue weighted by atomic mass is 9.99. The van der Waals surface area contributed by atoms with Crippen LogP contribution in [0.1, 0.15) is 34.9 Å². The standard InChI is InChI=1S/C22H24N4O4S2/c1-16-21(20(30-25-16)10-9-19-8-5-13-31-19)32(28,29)26-12-4-6-17(15-26)22(27)24-14-18-7-2-3-11-23-18/h2-3,5,7-11,13,17H,4,6,12,14-15H2,1H3,(H,24,27). The van der Waals surface area contributed by atoms with Gasteiger partial charge in [-0.25, -0.2) is 8.42 Å². The number of nitrogens with zero attached hydrogens (tertiary/aromatic N) is 3. The number of thiophene rings is 1. The third-order valence-electron chi connectivity index (χ3n) is 5.30. The molecule has 10 heteroatoms. The van der Waals surface area contributed by atoms with E-state index in [2.05, 4.69) is 15.5 Å². The first-order valence-electron chi connectivity index (χ1n) is 10.3. The Hall–Kier alpha value is -2.82.